The lowest BCUT2D eigenvalue weighted by Gasteiger charge is -1.90. The Morgan fingerprint density at radius 2 is 2.45 bits per heavy atom. The highest BCUT2D eigenvalue weighted by Crippen LogP contribution is 2.20. The Morgan fingerprint density at radius 1 is 1.55 bits per heavy atom. The first-order valence-corrected chi connectivity index (χ1v) is 3.05. The number of anilines is 1. The van der Waals surface area contributed by atoms with Crippen LogP contribution in [0.2, 0.25) is 0 Å². The average Bonchev–Trinajstić information content (AvgIpc) is 2.47. The lowest BCUT2D eigenvalue weighted by Crippen LogP contribution is -2.05. The predicted molar refractivity (Wildman–Crippen MR) is 39.6 cm³/mol. The van der Waals surface area contributed by atoms with Gasteiger partial charge in [0.1, 0.15) is 23.8 Å². The highest BCUT2D eigenvalue weighted by Gasteiger charge is 2.03. The maximum Gasteiger partial charge on any atom is 0.172 e. The third-order valence-electron chi connectivity index (χ3n) is 1.39. The maximum atomic E-state index is 5.19. The number of furan rings is 1. The number of hydrazine groups is 1. The second kappa shape index (κ2) is 2.21. The molecular formula is C6H6N4O. The van der Waals surface area contributed by atoms with Gasteiger partial charge in [0, 0.05) is 0 Å². The lowest BCUT2D eigenvalue weighted by atomic mass is 10.4. The Kier molecular flexibility index (Phi) is 1.23. The van der Waals surface area contributed by atoms with Crippen LogP contribution in [0, 0.1) is 0 Å². The summed E-state index contributed by atoms with van der Waals surface area (Å²) in [5, 5.41) is 0. The van der Waals surface area contributed by atoms with E-state index in [0.29, 0.717) is 16.8 Å². The van der Waals surface area contributed by atoms with Crippen molar-refractivity contribution in [1.29, 1.82) is 0 Å². The molecule has 0 aliphatic heterocycles. The molecule has 0 atom stereocenters. The average molecular weight is 150 g/mol. The van der Waals surface area contributed by atoms with E-state index in [-0.39, 0.29) is 0 Å². The van der Waals surface area contributed by atoms with Crippen molar-refractivity contribution in [2.75, 3.05) is 5.43 Å². The summed E-state index contributed by atoms with van der Waals surface area (Å²) in [7, 11) is 0. The van der Waals surface area contributed by atoms with Gasteiger partial charge < -0.3 is 9.84 Å². The zero-order chi connectivity index (χ0) is 7.68. The molecule has 2 rings (SSSR count). The van der Waals surface area contributed by atoms with Gasteiger partial charge in [-0.1, -0.05) is 0 Å². The van der Waals surface area contributed by atoms with Gasteiger partial charge in [-0.25, -0.2) is 9.97 Å². The minimum absolute atomic E-state index is 0.625. The monoisotopic (exact) mass is 150 g/mol. The summed E-state index contributed by atoms with van der Waals surface area (Å²) >= 11 is 0. The molecule has 2 aromatic heterocycles. The molecule has 0 unspecified atom stereocenters. The number of nitrogens with zero attached hydrogens (tertiary/aromatic N) is 2. The van der Waals surface area contributed by atoms with Crippen molar-refractivity contribution in [3.8, 4) is 0 Å². The fourth-order valence-electron chi connectivity index (χ4n) is 0.886. The maximum absolute atomic E-state index is 5.19. The standard InChI is InChI=1S/C6H6N4O/c7-10-4-2-11-5-1-8-3-9-6(4)5/h1-3,10H,7H2. The molecule has 3 N–H and O–H groups in total. The van der Waals surface area contributed by atoms with E-state index in [9.17, 15) is 0 Å². The van der Waals surface area contributed by atoms with Crippen molar-refractivity contribution in [2.24, 2.45) is 5.84 Å². The van der Waals surface area contributed by atoms with Gasteiger partial charge in [0.25, 0.3) is 0 Å². The lowest BCUT2D eigenvalue weighted by molar-refractivity contribution is 0.614. The SMILES string of the molecule is NNc1coc2cncnc12. The van der Waals surface area contributed by atoms with Crippen LogP contribution in [0.15, 0.2) is 23.2 Å². The van der Waals surface area contributed by atoms with Crippen molar-refractivity contribution in [2.45, 2.75) is 0 Å². The minimum atomic E-state index is 0.625. The smallest absolute Gasteiger partial charge is 0.172 e. The van der Waals surface area contributed by atoms with Crippen molar-refractivity contribution in [3.05, 3.63) is 18.8 Å². The van der Waals surface area contributed by atoms with Gasteiger partial charge in [0.2, 0.25) is 0 Å². The van der Waals surface area contributed by atoms with Crippen LogP contribution in [0.25, 0.3) is 11.1 Å². The van der Waals surface area contributed by atoms with E-state index in [2.05, 4.69) is 15.4 Å². The second-order valence-electron chi connectivity index (χ2n) is 2.03. The Morgan fingerprint density at radius 3 is 3.27 bits per heavy atom. The summed E-state index contributed by atoms with van der Waals surface area (Å²) in [5.41, 5.74) is 4.46. The zero-order valence-corrected chi connectivity index (χ0v) is 5.61. The number of aromatic nitrogens is 2. The molecule has 0 aromatic carbocycles. The van der Waals surface area contributed by atoms with Crippen molar-refractivity contribution < 1.29 is 4.42 Å². The third-order valence-corrected chi connectivity index (χ3v) is 1.39. The summed E-state index contributed by atoms with van der Waals surface area (Å²) in [6.45, 7) is 0. The number of hydrogen-bond acceptors (Lipinski definition) is 5. The first kappa shape index (κ1) is 6.11. The normalized spacial score (nSPS) is 10.3. The molecule has 0 aliphatic rings. The molecule has 0 bridgehead atoms. The summed E-state index contributed by atoms with van der Waals surface area (Å²) in [5.74, 6) is 5.19. The van der Waals surface area contributed by atoms with Crippen molar-refractivity contribution in [3.63, 3.8) is 0 Å². The fourth-order valence-corrected chi connectivity index (χ4v) is 0.886. The van der Waals surface area contributed by atoms with Gasteiger partial charge in [-0.3, -0.25) is 5.84 Å². The predicted octanol–water partition coefficient (Wildman–Crippen LogP) is 0.508. The minimum Gasteiger partial charge on any atom is -0.459 e. The molecule has 11 heavy (non-hydrogen) atoms. The Labute approximate surface area is 62.2 Å². The van der Waals surface area contributed by atoms with Crippen LogP contribution < -0.4 is 11.3 Å². The highest BCUT2D eigenvalue weighted by molar-refractivity contribution is 5.85. The molecule has 0 spiro atoms. The Balaban J connectivity index is 2.76. The first-order chi connectivity index (χ1) is 5.42. The molecule has 5 heteroatoms. The summed E-state index contributed by atoms with van der Waals surface area (Å²) in [6.07, 6.45) is 4.53. The Bertz CT molecular complexity index is 369. The van der Waals surface area contributed by atoms with Gasteiger partial charge in [-0.15, -0.1) is 0 Å². The van der Waals surface area contributed by atoms with Gasteiger partial charge >= 0.3 is 0 Å². The number of rotatable bonds is 1. The highest BCUT2D eigenvalue weighted by atomic mass is 16.3. The van der Waals surface area contributed by atoms with Crippen LogP contribution >= 0.6 is 0 Å². The van der Waals surface area contributed by atoms with E-state index in [1.54, 1.807) is 6.20 Å². The number of nitrogens with two attached hydrogens (primary N) is 1. The van der Waals surface area contributed by atoms with Crippen LogP contribution in [0.3, 0.4) is 0 Å². The number of hydrogen-bond donors (Lipinski definition) is 2. The van der Waals surface area contributed by atoms with Crippen LogP contribution in [-0.2, 0) is 0 Å². The van der Waals surface area contributed by atoms with Crippen LogP contribution in [-0.4, -0.2) is 9.97 Å². The van der Waals surface area contributed by atoms with Crippen LogP contribution in [0.5, 0.6) is 0 Å². The van der Waals surface area contributed by atoms with Gasteiger partial charge in [-0.2, -0.15) is 0 Å². The summed E-state index contributed by atoms with van der Waals surface area (Å²) in [4.78, 5) is 7.75. The number of fused-ring (bicyclic) bond motifs is 1. The summed E-state index contributed by atoms with van der Waals surface area (Å²) < 4.78 is 5.07. The van der Waals surface area contributed by atoms with Gasteiger partial charge in [0.15, 0.2) is 5.58 Å². The van der Waals surface area contributed by atoms with Crippen LogP contribution in [0.4, 0.5) is 5.69 Å². The fraction of sp³-hybridized carbons (Fsp3) is 0. The van der Waals surface area contributed by atoms with Gasteiger partial charge in [0.05, 0.1) is 6.20 Å². The molecule has 0 saturated carbocycles. The second-order valence-corrected chi connectivity index (χ2v) is 2.03. The van der Waals surface area contributed by atoms with E-state index < -0.39 is 0 Å². The molecule has 2 heterocycles. The van der Waals surface area contributed by atoms with E-state index >= 15 is 0 Å². The first-order valence-electron chi connectivity index (χ1n) is 3.05. The molecular weight excluding hydrogens is 144 g/mol. The summed E-state index contributed by atoms with van der Waals surface area (Å²) in [6, 6.07) is 0. The molecule has 2 aromatic rings. The van der Waals surface area contributed by atoms with E-state index in [1.807, 2.05) is 0 Å². The number of nitrogens with one attached hydrogen (secondary N) is 1. The number of nitrogen functional groups attached to an aromatic ring is 1. The quantitative estimate of drug-likeness (QED) is 0.457. The Hall–Kier alpha value is -1.62. The third kappa shape index (κ3) is 0.821. The molecule has 0 radical (unpaired) electrons. The van der Waals surface area contributed by atoms with Gasteiger partial charge in [-0.05, 0) is 0 Å². The van der Waals surface area contributed by atoms with Crippen molar-refractivity contribution >= 4 is 16.8 Å². The molecule has 56 valence electrons. The van der Waals surface area contributed by atoms with E-state index in [4.69, 9.17) is 10.3 Å². The molecule has 5 nitrogen and oxygen atoms in total. The molecule has 0 amide bonds. The molecule has 0 saturated heterocycles. The zero-order valence-electron chi connectivity index (χ0n) is 5.61. The van der Waals surface area contributed by atoms with Crippen molar-refractivity contribution in [1.82, 2.24) is 9.97 Å². The van der Waals surface area contributed by atoms with E-state index in [0.717, 1.165) is 0 Å². The topological polar surface area (TPSA) is 77.0 Å². The van der Waals surface area contributed by atoms with Crippen LogP contribution in [0.1, 0.15) is 0 Å². The van der Waals surface area contributed by atoms with E-state index in [1.165, 1.54) is 12.6 Å². The largest absolute Gasteiger partial charge is 0.459 e. The molecule has 0 fully saturated rings. The molecule has 0 aliphatic carbocycles.